The van der Waals surface area contributed by atoms with Gasteiger partial charge in [-0.25, -0.2) is 4.79 Å². The van der Waals surface area contributed by atoms with Gasteiger partial charge in [0.05, 0.1) is 10.6 Å². The highest BCUT2D eigenvalue weighted by molar-refractivity contribution is 14.1. The fraction of sp³-hybridized carbons (Fsp3) is 0.182. The molecule has 18 heavy (non-hydrogen) atoms. The maximum absolute atomic E-state index is 11.8. The molecule has 0 bridgehead atoms. The quantitative estimate of drug-likeness (QED) is 0.584. The smallest absolute Gasteiger partial charge is 0.325 e. The van der Waals surface area contributed by atoms with Crippen molar-refractivity contribution in [3.8, 4) is 0 Å². The number of nitrogens with zero attached hydrogens (tertiary/aromatic N) is 1. The molecule has 0 N–H and O–H groups in total. The van der Waals surface area contributed by atoms with E-state index in [1.807, 2.05) is 22.6 Å². The Kier molecular flexibility index (Phi) is 3.86. The third-order valence-corrected chi connectivity index (χ3v) is 3.33. The number of amides is 2. The highest BCUT2D eigenvalue weighted by atomic mass is 127. The van der Waals surface area contributed by atoms with Crippen LogP contribution in [0.25, 0.3) is 0 Å². The number of rotatable bonds is 2. The minimum absolute atomic E-state index is 0.0617. The van der Waals surface area contributed by atoms with E-state index in [4.69, 9.17) is 16.4 Å². The molecule has 1 aliphatic rings. The summed E-state index contributed by atoms with van der Waals surface area (Å²) >= 11 is 7.87. The van der Waals surface area contributed by atoms with Crippen molar-refractivity contribution in [2.24, 2.45) is 0 Å². The van der Waals surface area contributed by atoms with Gasteiger partial charge in [0.15, 0.2) is 0 Å². The average Bonchev–Trinajstić information content (AvgIpc) is 2.64. The van der Waals surface area contributed by atoms with Gasteiger partial charge in [0.25, 0.3) is 11.8 Å². The van der Waals surface area contributed by atoms with Crippen LogP contribution < -0.4 is 0 Å². The number of imide groups is 1. The maximum Gasteiger partial charge on any atom is 0.365 e. The summed E-state index contributed by atoms with van der Waals surface area (Å²) in [6.45, 7) is 0. The molecule has 2 amide bonds. The Morgan fingerprint density at radius 1 is 1.28 bits per heavy atom. The number of hydroxylamine groups is 2. The zero-order valence-electron chi connectivity index (χ0n) is 8.98. The summed E-state index contributed by atoms with van der Waals surface area (Å²) in [5, 5.41) is 0.706. The second kappa shape index (κ2) is 5.23. The van der Waals surface area contributed by atoms with Crippen molar-refractivity contribution in [1.29, 1.82) is 0 Å². The Morgan fingerprint density at radius 2 is 1.89 bits per heavy atom. The molecule has 1 fully saturated rings. The molecule has 2 rings (SSSR count). The minimum Gasteiger partial charge on any atom is -0.325 e. The standard InChI is InChI=1S/C11H7ClINO4/c12-8-2-1-6(13)5-7(8)11(17)18-14-9(15)3-4-10(14)16/h1-2,5H,3-4H2. The summed E-state index contributed by atoms with van der Waals surface area (Å²) in [7, 11) is 0. The number of halogens is 2. The lowest BCUT2D eigenvalue weighted by Crippen LogP contribution is -2.32. The zero-order valence-corrected chi connectivity index (χ0v) is 11.9. The molecule has 0 radical (unpaired) electrons. The third kappa shape index (κ3) is 2.64. The van der Waals surface area contributed by atoms with Crippen LogP contribution in [0, 0.1) is 3.57 Å². The van der Waals surface area contributed by atoms with Crippen molar-refractivity contribution in [2.75, 3.05) is 0 Å². The molecule has 0 aromatic heterocycles. The first-order valence-electron chi connectivity index (χ1n) is 5.02. The van der Waals surface area contributed by atoms with Crippen LogP contribution in [0.4, 0.5) is 0 Å². The summed E-state index contributed by atoms with van der Waals surface area (Å²) in [6.07, 6.45) is 0.123. The second-order valence-corrected chi connectivity index (χ2v) is 5.24. The Labute approximate surface area is 121 Å². The van der Waals surface area contributed by atoms with Gasteiger partial charge in [0.1, 0.15) is 0 Å². The van der Waals surface area contributed by atoms with E-state index in [9.17, 15) is 14.4 Å². The molecule has 0 spiro atoms. The number of hydrogen-bond acceptors (Lipinski definition) is 4. The molecular formula is C11H7ClINO4. The highest BCUT2D eigenvalue weighted by Crippen LogP contribution is 2.21. The van der Waals surface area contributed by atoms with E-state index in [1.165, 1.54) is 6.07 Å². The summed E-state index contributed by atoms with van der Waals surface area (Å²) in [6, 6.07) is 4.80. The van der Waals surface area contributed by atoms with Crippen LogP contribution in [0.1, 0.15) is 23.2 Å². The Bertz CT molecular complexity index is 530. The van der Waals surface area contributed by atoms with Crippen LogP contribution >= 0.6 is 34.2 Å². The first-order valence-corrected chi connectivity index (χ1v) is 6.48. The molecule has 94 valence electrons. The highest BCUT2D eigenvalue weighted by Gasteiger charge is 2.33. The van der Waals surface area contributed by atoms with Gasteiger partial charge in [-0.05, 0) is 40.8 Å². The molecule has 7 heteroatoms. The lowest BCUT2D eigenvalue weighted by Gasteiger charge is -2.13. The van der Waals surface area contributed by atoms with Gasteiger partial charge in [-0.15, -0.1) is 5.06 Å². The average molecular weight is 380 g/mol. The number of benzene rings is 1. The summed E-state index contributed by atoms with van der Waals surface area (Å²) in [4.78, 5) is 39.2. The SMILES string of the molecule is O=C(ON1C(=O)CCC1=O)c1cc(I)ccc1Cl. The molecule has 5 nitrogen and oxygen atoms in total. The predicted octanol–water partition coefficient (Wildman–Crippen LogP) is 2.17. The summed E-state index contributed by atoms with van der Waals surface area (Å²) < 4.78 is 0.794. The predicted molar refractivity (Wildman–Crippen MR) is 70.7 cm³/mol. The lowest BCUT2D eigenvalue weighted by atomic mass is 10.2. The van der Waals surface area contributed by atoms with Crippen LogP contribution in [-0.4, -0.2) is 22.8 Å². The number of carbonyl (C=O) groups is 3. The van der Waals surface area contributed by atoms with Gasteiger partial charge in [0, 0.05) is 16.4 Å². The molecule has 0 saturated carbocycles. The van der Waals surface area contributed by atoms with Crippen LogP contribution in [0.3, 0.4) is 0 Å². The maximum atomic E-state index is 11.8. The van der Waals surface area contributed by atoms with Gasteiger partial charge in [0.2, 0.25) is 0 Å². The molecule has 0 aliphatic carbocycles. The van der Waals surface area contributed by atoms with E-state index in [-0.39, 0.29) is 23.4 Å². The van der Waals surface area contributed by atoms with Crippen molar-refractivity contribution >= 4 is 52.0 Å². The zero-order chi connectivity index (χ0) is 13.3. The topological polar surface area (TPSA) is 63.7 Å². The summed E-state index contributed by atoms with van der Waals surface area (Å²) in [5.41, 5.74) is 0.121. The monoisotopic (exact) mass is 379 g/mol. The van der Waals surface area contributed by atoms with Crippen molar-refractivity contribution < 1.29 is 19.2 Å². The van der Waals surface area contributed by atoms with Crippen LogP contribution in [0.2, 0.25) is 5.02 Å². The number of hydrogen-bond donors (Lipinski definition) is 0. The molecule has 1 saturated heterocycles. The molecular weight excluding hydrogens is 372 g/mol. The van der Waals surface area contributed by atoms with Crippen molar-refractivity contribution in [2.45, 2.75) is 12.8 Å². The van der Waals surface area contributed by atoms with Gasteiger partial charge in [-0.1, -0.05) is 11.6 Å². The van der Waals surface area contributed by atoms with E-state index in [2.05, 4.69) is 0 Å². The van der Waals surface area contributed by atoms with E-state index >= 15 is 0 Å². The lowest BCUT2D eigenvalue weighted by molar-refractivity contribution is -0.172. The molecule has 1 aromatic carbocycles. The molecule has 0 unspecified atom stereocenters. The van der Waals surface area contributed by atoms with Crippen LogP contribution in [-0.2, 0) is 14.4 Å². The molecule has 0 atom stereocenters. The van der Waals surface area contributed by atoms with E-state index < -0.39 is 17.8 Å². The first kappa shape index (κ1) is 13.3. The van der Waals surface area contributed by atoms with E-state index in [0.29, 0.717) is 5.06 Å². The van der Waals surface area contributed by atoms with Crippen molar-refractivity contribution in [3.63, 3.8) is 0 Å². The fourth-order valence-corrected chi connectivity index (χ4v) is 2.13. The Balaban J connectivity index is 2.19. The fourth-order valence-electron chi connectivity index (χ4n) is 1.44. The normalized spacial score (nSPS) is 15.1. The second-order valence-electron chi connectivity index (χ2n) is 3.58. The van der Waals surface area contributed by atoms with Crippen LogP contribution in [0.5, 0.6) is 0 Å². The largest absolute Gasteiger partial charge is 0.365 e. The van der Waals surface area contributed by atoms with E-state index in [1.54, 1.807) is 12.1 Å². The van der Waals surface area contributed by atoms with Gasteiger partial charge >= 0.3 is 5.97 Å². The molecule has 1 heterocycles. The van der Waals surface area contributed by atoms with Gasteiger partial charge in [-0.2, -0.15) is 0 Å². The Hall–Kier alpha value is -1.15. The van der Waals surface area contributed by atoms with Crippen molar-refractivity contribution in [3.05, 3.63) is 32.4 Å². The van der Waals surface area contributed by atoms with E-state index in [0.717, 1.165) is 3.57 Å². The van der Waals surface area contributed by atoms with Crippen LogP contribution in [0.15, 0.2) is 18.2 Å². The first-order chi connectivity index (χ1) is 8.49. The third-order valence-electron chi connectivity index (χ3n) is 2.33. The molecule has 1 aliphatic heterocycles. The summed E-state index contributed by atoms with van der Waals surface area (Å²) in [5.74, 6) is -1.85. The molecule has 1 aromatic rings. The minimum atomic E-state index is -0.817. The Morgan fingerprint density at radius 3 is 2.50 bits per heavy atom. The number of carbonyl (C=O) groups excluding carboxylic acids is 3. The van der Waals surface area contributed by atoms with Gasteiger partial charge in [-0.3, -0.25) is 9.59 Å². The van der Waals surface area contributed by atoms with Gasteiger partial charge < -0.3 is 4.84 Å². The van der Waals surface area contributed by atoms with Crippen molar-refractivity contribution in [1.82, 2.24) is 5.06 Å².